The summed E-state index contributed by atoms with van der Waals surface area (Å²) in [4.78, 5) is 0. The monoisotopic (exact) mass is 185 g/mol. The number of rotatable bonds is 3. The van der Waals surface area contributed by atoms with Crippen LogP contribution in [0.25, 0.3) is 0 Å². The van der Waals surface area contributed by atoms with Crippen molar-refractivity contribution in [3.63, 3.8) is 0 Å². The van der Waals surface area contributed by atoms with Gasteiger partial charge in [-0.2, -0.15) is 0 Å². The van der Waals surface area contributed by atoms with E-state index in [4.69, 9.17) is 5.73 Å². The molecule has 13 heavy (non-hydrogen) atoms. The Morgan fingerprint density at radius 3 is 1.69 bits per heavy atom. The average Bonchev–Trinajstić information content (AvgIpc) is 1.81. The van der Waals surface area contributed by atoms with Crippen LogP contribution in [0, 0.1) is 16.7 Å². The minimum atomic E-state index is 0.395. The Hall–Kier alpha value is -0.0400. The van der Waals surface area contributed by atoms with Gasteiger partial charge in [-0.25, -0.2) is 0 Å². The molecule has 0 aromatic heterocycles. The van der Waals surface area contributed by atoms with Gasteiger partial charge < -0.3 is 5.73 Å². The number of nitrogens with two attached hydrogens (primary N) is 1. The highest BCUT2D eigenvalue weighted by molar-refractivity contribution is 4.79. The highest BCUT2D eigenvalue weighted by Gasteiger charge is 2.27. The fourth-order valence-corrected chi connectivity index (χ4v) is 1.78. The second kappa shape index (κ2) is 4.45. The summed E-state index contributed by atoms with van der Waals surface area (Å²) in [5, 5.41) is 0. The van der Waals surface area contributed by atoms with Gasteiger partial charge in [0.05, 0.1) is 0 Å². The molecule has 2 N–H and O–H groups in total. The summed E-state index contributed by atoms with van der Waals surface area (Å²) in [7, 11) is 0. The minimum absolute atomic E-state index is 0.395. The van der Waals surface area contributed by atoms with Crippen molar-refractivity contribution in [3.05, 3.63) is 0 Å². The van der Waals surface area contributed by atoms with E-state index in [-0.39, 0.29) is 0 Å². The zero-order valence-electron chi connectivity index (χ0n) is 10.3. The Bertz CT molecular complexity index is 136. The summed E-state index contributed by atoms with van der Waals surface area (Å²) in [6, 6.07) is 0. The Balaban J connectivity index is 4.27. The van der Waals surface area contributed by atoms with Gasteiger partial charge in [-0.05, 0) is 36.1 Å². The second-order valence-corrected chi connectivity index (χ2v) is 6.41. The van der Waals surface area contributed by atoms with E-state index >= 15 is 0 Å². The van der Waals surface area contributed by atoms with Crippen LogP contribution in [0.3, 0.4) is 0 Å². The molecule has 0 amide bonds. The highest BCUT2D eigenvalue weighted by atomic mass is 14.5. The van der Waals surface area contributed by atoms with Gasteiger partial charge in [-0.15, -0.1) is 0 Å². The average molecular weight is 185 g/mol. The molecule has 0 aliphatic carbocycles. The van der Waals surface area contributed by atoms with Gasteiger partial charge in [-0.1, -0.05) is 41.5 Å². The van der Waals surface area contributed by atoms with E-state index in [0.29, 0.717) is 10.8 Å². The molecule has 1 atom stereocenters. The van der Waals surface area contributed by atoms with Crippen molar-refractivity contribution in [2.24, 2.45) is 22.5 Å². The molecule has 0 aromatic rings. The Morgan fingerprint density at radius 1 is 1.00 bits per heavy atom. The van der Waals surface area contributed by atoms with Gasteiger partial charge in [0.15, 0.2) is 0 Å². The van der Waals surface area contributed by atoms with Crippen LogP contribution in [0.1, 0.15) is 54.4 Å². The summed E-state index contributed by atoms with van der Waals surface area (Å²) >= 11 is 0. The van der Waals surface area contributed by atoms with E-state index < -0.39 is 0 Å². The van der Waals surface area contributed by atoms with Gasteiger partial charge in [0, 0.05) is 0 Å². The third kappa shape index (κ3) is 6.09. The molecule has 0 heterocycles. The first-order valence-corrected chi connectivity index (χ1v) is 5.37. The third-order valence-electron chi connectivity index (χ3n) is 2.60. The SMILES string of the molecule is CC(C)(C)CC(CCN)C(C)(C)C. The third-order valence-corrected chi connectivity index (χ3v) is 2.60. The van der Waals surface area contributed by atoms with Crippen molar-refractivity contribution in [2.45, 2.75) is 54.4 Å². The lowest BCUT2D eigenvalue weighted by Crippen LogP contribution is -2.27. The van der Waals surface area contributed by atoms with E-state index in [0.717, 1.165) is 18.9 Å². The van der Waals surface area contributed by atoms with E-state index in [1.807, 2.05) is 0 Å². The van der Waals surface area contributed by atoms with Crippen LogP contribution in [-0.4, -0.2) is 6.54 Å². The van der Waals surface area contributed by atoms with Crippen LogP contribution < -0.4 is 5.73 Å². The molecule has 1 unspecified atom stereocenters. The number of hydrogen-bond acceptors (Lipinski definition) is 1. The number of hydrogen-bond donors (Lipinski definition) is 1. The zero-order chi connectivity index (χ0) is 10.7. The fraction of sp³-hybridized carbons (Fsp3) is 1.00. The molecule has 1 nitrogen and oxygen atoms in total. The molecule has 80 valence electrons. The predicted molar refractivity (Wildman–Crippen MR) is 60.7 cm³/mol. The van der Waals surface area contributed by atoms with Gasteiger partial charge >= 0.3 is 0 Å². The van der Waals surface area contributed by atoms with E-state index in [9.17, 15) is 0 Å². The summed E-state index contributed by atoms with van der Waals surface area (Å²) in [5.74, 6) is 0.748. The maximum Gasteiger partial charge on any atom is -0.00744 e. The van der Waals surface area contributed by atoms with Crippen LogP contribution in [-0.2, 0) is 0 Å². The summed E-state index contributed by atoms with van der Waals surface area (Å²) in [6.45, 7) is 14.7. The Labute approximate surface area is 84.1 Å². The summed E-state index contributed by atoms with van der Waals surface area (Å²) < 4.78 is 0. The van der Waals surface area contributed by atoms with E-state index in [2.05, 4.69) is 41.5 Å². The summed E-state index contributed by atoms with van der Waals surface area (Å²) in [5.41, 5.74) is 6.46. The first kappa shape index (κ1) is 13.0. The lowest BCUT2D eigenvalue weighted by molar-refractivity contribution is 0.157. The van der Waals surface area contributed by atoms with Crippen LogP contribution in [0.15, 0.2) is 0 Å². The standard InChI is InChI=1S/C12H27N/c1-11(2,3)9-10(7-8-13)12(4,5)6/h10H,7-9,13H2,1-6H3. The quantitative estimate of drug-likeness (QED) is 0.716. The van der Waals surface area contributed by atoms with Gasteiger partial charge in [0.2, 0.25) is 0 Å². The van der Waals surface area contributed by atoms with Gasteiger partial charge in [0.1, 0.15) is 0 Å². The van der Waals surface area contributed by atoms with Crippen LogP contribution in [0.5, 0.6) is 0 Å². The highest BCUT2D eigenvalue weighted by Crippen LogP contribution is 2.37. The smallest absolute Gasteiger partial charge is 0.00744 e. The predicted octanol–water partition coefficient (Wildman–Crippen LogP) is 3.43. The molecule has 0 bridgehead atoms. The molecule has 0 saturated heterocycles. The Morgan fingerprint density at radius 2 is 1.46 bits per heavy atom. The molecule has 0 saturated carbocycles. The molecule has 0 spiro atoms. The van der Waals surface area contributed by atoms with Crippen LogP contribution in [0.4, 0.5) is 0 Å². The van der Waals surface area contributed by atoms with Crippen molar-refractivity contribution in [2.75, 3.05) is 6.54 Å². The maximum absolute atomic E-state index is 5.64. The lowest BCUT2D eigenvalue weighted by Gasteiger charge is -2.35. The lowest BCUT2D eigenvalue weighted by atomic mass is 9.71. The van der Waals surface area contributed by atoms with Crippen LogP contribution >= 0.6 is 0 Å². The second-order valence-electron chi connectivity index (χ2n) is 6.41. The normalized spacial score (nSPS) is 15.9. The molecule has 1 heteroatoms. The largest absolute Gasteiger partial charge is 0.330 e. The first-order chi connectivity index (χ1) is 5.67. The minimum Gasteiger partial charge on any atom is -0.330 e. The molecular formula is C12H27N. The molecule has 0 fully saturated rings. The molecule has 0 aromatic carbocycles. The summed E-state index contributed by atoms with van der Waals surface area (Å²) in [6.07, 6.45) is 2.43. The molecule has 0 rings (SSSR count). The van der Waals surface area contributed by atoms with Gasteiger partial charge in [-0.3, -0.25) is 0 Å². The molecular weight excluding hydrogens is 158 g/mol. The van der Waals surface area contributed by atoms with Crippen molar-refractivity contribution < 1.29 is 0 Å². The molecule has 0 aliphatic heterocycles. The van der Waals surface area contributed by atoms with Gasteiger partial charge in [0.25, 0.3) is 0 Å². The van der Waals surface area contributed by atoms with Crippen molar-refractivity contribution in [1.29, 1.82) is 0 Å². The maximum atomic E-state index is 5.64. The van der Waals surface area contributed by atoms with Crippen molar-refractivity contribution in [3.8, 4) is 0 Å². The van der Waals surface area contributed by atoms with Crippen LogP contribution in [0.2, 0.25) is 0 Å². The van der Waals surface area contributed by atoms with E-state index in [1.165, 1.54) is 6.42 Å². The van der Waals surface area contributed by atoms with E-state index in [1.54, 1.807) is 0 Å². The Kier molecular flexibility index (Phi) is 4.44. The first-order valence-electron chi connectivity index (χ1n) is 5.37. The molecule has 0 radical (unpaired) electrons. The zero-order valence-corrected chi connectivity index (χ0v) is 10.3. The van der Waals surface area contributed by atoms with Crippen molar-refractivity contribution in [1.82, 2.24) is 0 Å². The van der Waals surface area contributed by atoms with Crippen molar-refractivity contribution >= 4 is 0 Å². The fourth-order valence-electron chi connectivity index (χ4n) is 1.78. The topological polar surface area (TPSA) is 26.0 Å². The molecule has 0 aliphatic rings.